The minimum atomic E-state index is -4.64. The molecule has 0 unspecified atom stereocenters. The first kappa shape index (κ1) is 13.5. The topological polar surface area (TPSA) is 96.2 Å². The third kappa shape index (κ3) is 12.5. The molecule has 0 aromatic carbocycles. The molecule has 1 heterocycles. The Morgan fingerprint density at radius 2 is 1.54 bits per heavy atom. The first-order valence-corrected chi connectivity index (χ1v) is 5.86. The Morgan fingerprint density at radius 1 is 1.23 bits per heavy atom. The average molecular weight is 232 g/mol. The van der Waals surface area contributed by atoms with Crippen LogP contribution in [0.5, 0.6) is 0 Å². The molecule has 0 aromatic rings. The van der Waals surface area contributed by atoms with Crippen molar-refractivity contribution in [2.45, 2.75) is 13.8 Å². The van der Waals surface area contributed by atoms with Crippen molar-refractivity contribution in [2.75, 3.05) is 13.2 Å². The van der Waals surface area contributed by atoms with Crippen molar-refractivity contribution in [1.29, 1.82) is 0 Å². The van der Waals surface area contributed by atoms with Gasteiger partial charge in [0.05, 0.1) is 13.2 Å². The molecular formula is C5H14O6P2. The van der Waals surface area contributed by atoms with Crippen molar-refractivity contribution in [3.05, 3.63) is 0 Å². The summed E-state index contributed by atoms with van der Waals surface area (Å²) in [5, 5.41) is 0. The summed E-state index contributed by atoms with van der Waals surface area (Å²) in [6, 6.07) is 0. The zero-order valence-electron chi connectivity index (χ0n) is 7.43. The Balaban J connectivity index is 0.000000252. The van der Waals surface area contributed by atoms with Gasteiger partial charge in [-0.1, -0.05) is 13.8 Å². The van der Waals surface area contributed by atoms with Gasteiger partial charge in [0, 0.05) is 5.41 Å². The van der Waals surface area contributed by atoms with E-state index >= 15 is 0 Å². The summed E-state index contributed by atoms with van der Waals surface area (Å²) in [6.45, 7) is 5.95. The molecule has 0 radical (unpaired) electrons. The Kier molecular flexibility index (Phi) is 5.56. The summed E-state index contributed by atoms with van der Waals surface area (Å²) in [6.07, 6.45) is 0. The largest absolute Gasteiger partial charge is 0.466 e. The maximum absolute atomic E-state index is 8.88. The van der Waals surface area contributed by atoms with Crippen LogP contribution in [-0.2, 0) is 13.6 Å². The highest BCUT2D eigenvalue weighted by atomic mass is 31.2. The van der Waals surface area contributed by atoms with E-state index in [1.54, 1.807) is 0 Å². The van der Waals surface area contributed by atoms with E-state index in [4.69, 9.17) is 28.3 Å². The van der Waals surface area contributed by atoms with E-state index in [2.05, 4.69) is 13.8 Å². The molecular weight excluding hydrogens is 218 g/mol. The number of rotatable bonds is 0. The van der Waals surface area contributed by atoms with Crippen LogP contribution in [0.25, 0.3) is 0 Å². The van der Waals surface area contributed by atoms with E-state index in [-0.39, 0.29) is 14.4 Å². The van der Waals surface area contributed by atoms with Crippen molar-refractivity contribution < 1.29 is 28.3 Å². The molecule has 0 saturated carbocycles. The molecule has 0 bridgehead atoms. The van der Waals surface area contributed by atoms with Gasteiger partial charge in [0.2, 0.25) is 0 Å². The lowest BCUT2D eigenvalue weighted by atomic mass is 9.97. The Morgan fingerprint density at radius 3 is 1.69 bits per heavy atom. The molecule has 80 valence electrons. The van der Waals surface area contributed by atoms with Crippen LogP contribution in [0.2, 0.25) is 0 Å². The molecule has 1 saturated heterocycles. The summed E-state index contributed by atoms with van der Waals surface area (Å²) >= 11 is 0. The van der Waals surface area contributed by atoms with Gasteiger partial charge in [-0.15, -0.1) is 0 Å². The monoisotopic (exact) mass is 232 g/mol. The van der Waals surface area contributed by atoms with Crippen LogP contribution >= 0.6 is 16.9 Å². The Hall–Kier alpha value is 0.460. The first-order valence-electron chi connectivity index (χ1n) is 3.48. The van der Waals surface area contributed by atoms with Gasteiger partial charge in [0.15, 0.2) is 9.03 Å². The van der Waals surface area contributed by atoms with E-state index in [1.165, 1.54) is 0 Å². The third-order valence-electron chi connectivity index (χ3n) is 1.04. The predicted octanol–water partition coefficient (Wildman–Crippen LogP) is 0.639. The fourth-order valence-corrected chi connectivity index (χ4v) is 1.52. The van der Waals surface area contributed by atoms with Crippen molar-refractivity contribution in [3.63, 3.8) is 0 Å². The van der Waals surface area contributed by atoms with Crippen molar-refractivity contribution >= 4 is 16.9 Å². The van der Waals surface area contributed by atoms with E-state index in [0.29, 0.717) is 0 Å². The zero-order valence-corrected chi connectivity index (χ0v) is 9.32. The minimum Gasteiger partial charge on any atom is -0.336 e. The second kappa shape index (κ2) is 5.37. The SMILES string of the molecule is CC1(C)COPOC1.O=P(O)(O)O. The number of hydrogen-bond acceptors (Lipinski definition) is 3. The summed E-state index contributed by atoms with van der Waals surface area (Å²) in [7, 11) is -4.37. The van der Waals surface area contributed by atoms with E-state index < -0.39 is 7.82 Å². The predicted molar refractivity (Wildman–Crippen MR) is 48.3 cm³/mol. The molecule has 1 aliphatic rings. The van der Waals surface area contributed by atoms with Crippen LogP contribution in [0.15, 0.2) is 0 Å². The van der Waals surface area contributed by atoms with Crippen molar-refractivity contribution in [3.8, 4) is 0 Å². The lowest BCUT2D eigenvalue weighted by Crippen LogP contribution is -2.25. The lowest BCUT2D eigenvalue weighted by molar-refractivity contribution is 0.0714. The molecule has 1 rings (SSSR count). The molecule has 0 aliphatic carbocycles. The molecule has 3 N–H and O–H groups in total. The smallest absolute Gasteiger partial charge is 0.336 e. The standard InChI is InChI=1S/C5H11O2P.H3O4P/c1-5(2)3-6-8-7-4-5;1-5(2,3)4/h8H,3-4H2,1-2H3;(H3,1,2,3,4). The van der Waals surface area contributed by atoms with Crippen molar-refractivity contribution in [1.82, 2.24) is 0 Å². The third-order valence-corrected chi connectivity index (χ3v) is 1.57. The first-order chi connectivity index (χ1) is 5.71. The Bertz CT molecular complexity index is 171. The van der Waals surface area contributed by atoms with Gasteiger partial charge in [0.1, 0.15) is 0 Å². The average Bonchev–Trinajstić information content (AvgIpc) is 1.82. The maximum atomic E-state index is 8.88. The highest BCUT2D eigenvalue weighted by Crippen LogP contribution is 2.30. The number of phosphoric acid groups is 1. The van der Waals surface area contributed by atoms with Crippen molar-refractivity contribution in [2.24, 2.45) is 5.41 Å². The van der Waals surface area contributed by atoms with E-state index in [1.807, 2.05) is 0 Å². The molecule has 1 fully saturated rings. The summed E-state index contributed by atoms with van der Waals surface area (Å²) in [4.78, 5) is 21.6. The lowest BCUT2D eigenvalue weighted by Gasteiger charge is -2.27. The van der Waals surface area contributed by atoms with E-state index in [9.17, 15) is 0 Å². The van der Waals surface area contributed by atoms with Gasteiger partial charge in [0.25, 0.3) is 0 Å². The van der Waals surface area contributed by atoms with E-state index in [0.717, 1.165) is 13.2 Å². The second-order valence-electron chi connectivity index (χ2n) is 3.34. The highest BCUT2D eigenvalue weighted by molar-refractivity contribution is 7.45. The molecule has 0 atom stereocenters. The van der Waals surface area contributed by atoms with Gasteiger partial charge in [-0.2, -0.15) is 0 Å². The van der Waals surface area contributed by atoms with Crippen LogP contribution in [0, 0.1) is 5.41 Å². The van der Waals surface area contributed by atoms with Gasteiger partial charge in [-0.05, 0) is 0 Å². The zero-order chi connectivity index (χ0) is 10.5. The molecule has 13 heavy (non-hydrogen) atoms. The summed E-state index contributed by atoms with van der Waals surface area (Å²) < 4.78 is 19.1. The van der Waals surface area contributed by atoms with Crippen LogP contribution in [0.1, 0.15) is 13.8 Å². The second-order valence-corrected chi connectivity index (χ2v) is 5.11. The molecule has 0 spiro atoms. The molecule has 1 aliphatic heterocycles. The molecule has 0 aromatic heterocycles. The summed E-state index contributed by atoms with van der Waals surface area (Å²) in [5.41, 5.74) is 0.241. The fraction of sp³-hybridized carbons (Fsp3) is 1.00. The molecule has 0 amide bonds. The van der Waals surface area contributed by atoms with Crippen LogP contribution in [0.4, 0.5) is 0 Å². The van der Waals surface area contributed by atoms with Crippen LogP contribution < -0.4 is 0 Å². The molecule has 6 nitrogen and oxygen atoms in total. The van der Waals surface area contributed by atoms with Gasteiger partial charge in [-0.25, -0.2) is 4.57 Å². The number of hydrogen-bond donors (Lipinski definition) is 3. The highest BCUT2D eigenvalue weighted by Gasteiger charge is 2.22. The van der Waals surface area contributed by atoms with Gasteiger partial charge < -0.3 is 23.7 Å². The quantitative estimate of drug-likeness (QED) is 0.530. The normalized spacial score (nSPS) is 21.6. The molecule has 8 heteroatoms. The minimum absolute atomic E-state index is 0.241. The Labute approximate surface area is 78.4 Å². The summed E-state index contributed by atoms with van der Waals surface area (Å²) in [5.74, 6) is 0. The van der Waals surface area contributed by atoms with Crippen LogP contribution in [-0.4, -0.2) is 27.9 Å². The van der Waals surface area contributed by atoms with Gasteiger partial charge in [-0.3, -0.25) is 0 Å². The van der Waals surface area contributed by atoms with Crippen LogP contribution in [0.3, 0.4) is 0 Å². The maximum Gasteiger partial charge on any atom is 0.466 e. The fourth-order valence-electron chi connectivity index (χ4n) is 0.533. The van der Waals surface area contributed by atoms with Gasteiger partial charge >= 0.3 is 7.82 Å².